The number of aliphatic hydroxyl groups excluding tert-OH is 1. The first-order chi connectivity index (χ1) is 18.9. The standard InChI is InChI=1S/C32H30FNO3S2/c1-37-26-18-19-27(29(36)20-26)31-30(9-5-8-28(35)23-10-14-24(33)15-11-23)39-32(38)34(31)25-16-12-22(13-17-25)21-6-3-2-4-7-21/h2-4,6-7,10-20,28,30-31,35-36H,5,8-9H2,1H3/t28?,30-,31-/m1/s1. The van der Waals surface area contributed by atoms with Crippen molar-refractivity contribution in [2.24, 2.45) is 0 Å². The molecular weight excluding hydrogens is 529 g/mol. The number of hydrogen-bond acceptors (Lipinski definition) is 5. The van der Waals surface area contributed by atoms with Crippen LogP contribution in [-0.4, -0.2) is 26.9 Å². The van der Waals surface area contributed by atoms with Crippen molar-refractivity contribution in [1.82, 2.24) is 0 Å². The van der Waals surface area contributed by atoms with E-state index in [4.69, 9.17) is 17.0 Å². The lowest BCUT2D eigenvalue weighted by Gasteiger charge is -2.30. The molecule has 4 aromatic rings. The molecule has 1 aliphatic heterocycles. The summed E-state index contributed by atoms with van der Waals surface area (Å²) in [6.07, 6.45) is 1.39. The first-order valence-corrected chi connectivity index (χ1v) is 14.2. The summed E-state index contributed by atoms with van der Waals surface area (Å²) in [6, 6.07) is 29.7. The second kappa shape index (κ2) is 12.2. The Bertz CT molecular complexity index is 1410. The fourth-order valence-electron chi connectivity index (χ4n) is 5.06. The highest BCUT2D eigenvalue weighted by atomic mass is 32.2. The van der Waals surface area contributed by atoms with Gasteiger partial charge in [0.1, 0.15) is 21.6 Å². The van der Waals surface area contributed by atoms with E-state index in [0.29, 0.717) is 17.7 Å². The summed E-state index contributed by atoms with van der Waals surface area (Å²) in [5.74, 6) is 0.426. The SMILES string of the molecule is COc1ccc([C@@H]2[C@@H](CCCC(O)c3ccc(F)cc3)SC(=S)N2c2ccc(-c3ccccc3)cc2)c(O)c1. The molecule has 0 saturated carbocycles. The van der Waals surface area contributed by atoms with E-state index in [1.807, 2.05) is 30.3 Å². The molecule has 1 saturated heterocycles. The third-order valence-corrected chi connectivity index (χ3v) is 8.79. The van der Waals surface area contributed by atoms with Crippen molar-refractivity contribution in [3.63, 3.8) is 0 Å². The fourth-order valence-corrected chi connectivity index (χ4v) is 6.93. The van der Waals surface area contributed by atoms with Crippen LogP contribution >= 0.6 is 24.0 Å². The lowest BCUT2D eigenvalue weighted by atomic mass is 9.95. The van der Waals surface area contributed by atoms with Gasteiger partial charge in [-0.15, -0.1) is 0 Å². The largest absolute Gasteiger partial charge is 0.507 e. The van der Waals surface area contributed by atoms with E-state index in [1.54, 1.807) is 37.1 Å². The van der Waals surface area contributed by atoms with Crippen molar-refractivity contribution in [1.29, 1.82) is 0 Å². The molecule has 200 valence electrons. The molecule has 7 heteroatoms. The average Bonchev–Trinajstić information content (AvgIpc) is 3.29. The molecule has 5 rings (SSSR count). The maximum absolute atomic E-state index is 13.3. The Kier molecular flexibility index (Phi) is 8.50. The van der Waals surface area contributed by atoms with E-state index in [-0.39, 0.29) is 22.9 Å². The van der Waals surface area contributed by atoms with Crippen LogP contribution in [0.3, 0.4) is 0 Å². The van der Waals surface area contributed by atoms with Crippen LogP contribution in [0.15, 0.2) is 97.1 Å². The number of phenols is 1. The number of aromatic hydroxyl groups is 1. The normalized spacial score (nSPS) is 17.8. The molecule has 1 fully saturated rings. The molecule has 0 aliphatic carbocycles. The highest BCUT2D eigenvalue weighted by molar-refractivity contribution is 8.24. The molecule has 1 unspecified atom stereocenters. The van der Waals surface area contributed by atoms with Crippen LogP contribution < -0.4 is 9.64 Å². The molecule has 0 radical (unpaired) electrons. The molecule has 0 amide bonds. The molecule has 2 N–H and O–H groups in total. The number of ether oxygens (including phenoxy) is 1. The number of benzene rings is 4. The minimum absolute atomic E-state index is 0.0611. The smallest absolute Gasteiger partial charge is 0.141 e. The van der Waals surface area contributed by atoms with Crippen LogP contribution in [0.4, 0.5) is 10.1 Å². The van der Waals surface area contributed by atoms with Crippen molar-refractivity contribution in [2.45, 2.75) is 36.7 Å². The zero-order valence-corrected chi connectivity index (χ0v) is 23.2. The minimum atomic E-state index is -0.668. The fraction of sp³-hybridized carbons (Fsp3) is 0.219. The van der Waals surface area contributed by atoms with Gasteiger partial charge in [-0.3, -0.25) is 0 Å². The van der Waals surface area contributed by atoms with E-state index in [2.05, 4.69) is 41.3 Å². The van der Waals surface area contributed by atoms with Gasteiger partial charge in [0.15, 0.2) is 0 Å². The van der Waals surface area contributed by atoms with Crippen molar-refractivity contribution >= 4 is 34.0 Å². The van der Waals surface area contributed by atoms with Gasteiger partial charge in [-0.25, -0.2) is 4.39 Å². The molecule has 1 heterocycles. The number of halogens is 1. The Morgan fingerprint density at radius 3 is 2.31 bits per heavy atom. The maximum Gasteiger partial charge on any atom is 0.141 e. The van der Waals surface area contributed by atoms with Crippen molar-refractivity contribution in [2.75, 3.05) is 12.0 Å². The number of phenolic OH excluding ortho intramolecular Hbond substituents is 1. The third-order valence-electron chi connectivity index (χ3n) is 7.11. The number of methoxy groups -OCH3 is 1. The van der Waals surface area contributed by atoms with Gasteiger partial charge in [0, 0.05) is 22.6 Å². The molecule has 0 spiro atoms. The molecule has 4 nitrogen and oxygen atoms in total. The second-order valence-electron chi connectivity index (χ2n) is 9.57. The Labute approximate surface area is 238 Å². The summed E-state index contributed by atoms with van der Waals surface area (Å²) < 4.78 is 19.3. The van der Waals surface area contributed by atoms with Crippen LogP contribution in [0.1, 0.15) is 42.5 Å². The van der Waals surface area contributed by atoms with Crippen molar-refractivity contribution in [3.05, 3.63) is 114 Å². The highest BCUT2D eigenvalue weighted by Gasteiger charge is 2.41. The van der Waals surface area contributed by atoms with Gasteiger partial charge < -0.3 is 19.8 Å². The first-order valence-electron chi connectivity index (χ1n) is 12.9. The van der Waals surface area contributed by atoms with Gasteiger partial charge in [0.2, 0.25) is 0 Å². The topological polar surface area (TPSA) is 52.9 Å². The number of thiocarbonyl (C=S) groups is 1. The summed E-state index contributed by atoms with van der Waals surface area (Å²) in [4.78, 5) is 2.12. The maximum atomic E-state index is 13.3. The predicted molar refractivity (Wildman–Crippen MR) is 161 cm³/mol. The van der Waals surface area contributed by atoms with Gasteiger partial charge in [-0.1, -0.05) is 78.6 Å². The van der Waals surface area contributed by atoms with Gasteiger partial charge >= 0.3 is 0 Å². The Hall–Kier alpha value is -3.39. The summed E-state index contributed by atoms with van der Waals surface area (Å²) in [5, 5.41) is 21.7. The van der Waals surface area contributed by atoms with Crippen LogP contribution in [0.25, 0.3) is 11.1 Å². The monoisotopic (exact) mass is 559 g/mol. The number of anilines is 1. The van der Waals surface area contributed by atoms with Gasteiger partial charge in [-0.2, -0.15) is 0 Å². The van der Waals surface area contributed by atoms with E-state index in [1.165, 1.54) is 12.1 Å². The third kappa shape index (κ3) is 6.11. The summed E-state index contributed by atoms with van der Waals surface area (Å²) >= 11 is 7.51. The molecular formula is C32H30FNO3S2. The minimum Gasteiger partial charge on any atom is -0.507 e. The summed E-state index contributed by atoms with van der Waals surface area (Å²) in [6.45, 7) is 0. The van der Waals surface area contributed by atoms with Gasteiger partial charge in [-0.05, 0) is 72.4 Å². The van der Waals surface area contributed by atoms with Crippen LogP contribution in [0.5, 0.6) is 11.5 Å². The number of hydrogen-bond donors (Lipinski definition) is 2. The average molecular weight is 560 g/mol. The van der Waals surface area contributed by atoms with Gasteiger partial charge in [0.05, 0.1) is 19.3 Å². The van der Waals surface area contributed by atoms with Crippen LogP contribution in [0, 0.1) is 5.82 Å². The molecule has 3 atom stereocenters. The van der Waals surface area contributed by atoms with E-state index < -0.39 is 6.10 Å². The molecule has 4 aromatic carbocycles. The van der Waals surface area contributed by atoms with Crippen molar-refractivity contribution < 1.29 is 19.3 Å². The first kappa shape index (κ1) is 27.2. The predicted octanol–water partition coefficient (Wildman–Crippen LogP) is 8.06. The number of nitrogens with zero attached hydrogens (tertiary/aromatic N) is 1. The molecule has 39 heavy (non-hydrogen) atoms. The number of aliphatic hydroxyl groups is 1. The Morgan fingerprint density at radius 2 is 1.64 bits per heavy atom. The summed E-state index contributed by atoms with van der Waals surface area (Å²) in [5.41, 5.74) is 4.70. The Balaban J connectivity index is 1.39. The van der Waals surface area contributed by atoms with Gasteiger partial charge in [0.25, 0.3) is 0 Å². The van der Waals surface area contributed by atoms with E-state index in [0.717, 1.165) is 39.5 Å². The lowest BCUT2D eigenvalue weighted by molar-refractivity contribution is 0.163. The highest BCUT2D eigenvalue weighted by Crippen LogP contribution is 2.49. The zero-order chi connectivity index (χ0) is 27.4. The van der Waals surface area contributed by atoms with E-state index >= 15 is 0 Å². The van der Waals surface area contributed by atoms with E-state index in [9.17, 15) is 14.6 Å². The van der Waals surface area contributed by atoms with Crippen LogP contribution in [0.2, 0.25) is 0 Å². The number of rotatable bonds is 9. The lowest BCUT2D eigenvalue weighted by Crippen LogP contribution is -2.29. The second-order valence-corrected chi connectivity index (χ2v) is 11.4. The zero-order valence-electron chi connectivity index (χ0n) is 21.5. The van der Waals surface area contributed by atoms with Crippen molar-refractivity contribution in [3.8, 4) is 22.6 Å². The molecule has 0 aromatic heterocycles. The quantitative estimate of drug-likeness (QED) is 0.202. The number of thioether (sulfide) groups is 1. The summed E-state index contributed by atoms with van der Waals surface area (Å²) in [7, 11) is 1.57. The Morgan fingerprint density at radius 1 is 0.949 bits per heavy atom. The van der Waals surface area contributed by atoms with Crippen LogP contribution in [-0.2, 0) is 0 Å². The molecule has 0 bridgehead atoms. The molecule has 1 aliphatic rings.